The number of thiazole rings is 1. The number of rotatable bonds is 5. The molecule has 1 aromatic heterocycles. The quantitative estimate of drug-likeness (QED) is 0.916. The number of aromatic nitrogens is 1. The van der Waals surface area contributed by atoms with Gasteiger partial charge in [0.1, 0.15) is 5.75 Å². The van der Waals surface area contributed by atoms with Crippen LogP contribution >= 0.6 is 22.9 Å². The van der Waals surface area contributed by atoms with E-state index in [0.717, 1.165) is 22.7 Å². The van der Waals surface area contributed by atoms with Crippen molar-refractivity contribution in [1.82, 2.24) is 4.98 Å². The third-order valence-electron chi connectivity index (χ3n) is 3.38. The Kier molecular flexibility index (Phi) is 5.02. The Bertz CT molecular complexity index is 578. The molecule has 0 fully saturated rings. The first-order valence-corrected chi connectivity index (χ1v) is 7.71. The Labute approximate surface area is 128 Å². The molecule has 0 amide bonds. The molecule has 0 radical (unpaired) electrons. The third kappa shape index (κ3) is 3.32. The van der Waals surface area contributed by atoms with E-state index in [9.17, 15) is 0 Å². The molecule has 0 saturated carbocycles. The lowest BCUT2D eigenvalue weighted by molar-refractivity contribution is 0.415. The van der Waals surface area contributed by atoms with Crippen molar-refractivity contribution >= 4 is 22.9 Å². The zero-order chi connectivity index (χ0) is 14.7. The van der Waals surface area contributed by atoms with Crippen molar-refractivity contribution in [2.24, 2.45) is 5.73 Å². The molecule has 3 nitrogen and oxygen atoms in total. The maximum Gasteiger partial charge on any atom is 0.137 e. The molecule has 1 unspecified atom stereocenters. The van der Waals surface area contributed by atoms with Crippen LogP contribution in [0.5, 0.6) is 5.75 Å². The summed E-state index contributed by atoms with van der Waals surface area (Å²) >= 11 is 7.89. The van der Waals surface area contributed by atoms with Gasteiger partial charge in [0.2, 0.25) is 0 Å². The van der Waals surface area contributed by atoms with Gasteiger partial charge in [0.25, 0.3) is 0 Å². The van der Waals surface area contributed by atoms with Crippen LogP contribution in [0.3, 0.4) is 0 Å². The molecule has 0 saturated heterocycles. The number of aryl methyl sites for hydroxylation is 2. The van der Waals surface area contributed by atoms with Crippen LogP contribution in [0.25, 0.3) is 0 Å². The minimum atomic E-state index is 0.233. The number of hydrogen-bond donors (Lipinski definition) is 1. The number of ether oxygens (including phenoxy) is 1. The van der Waals surface area contributed by atoms with E-state index >= 15 is 0 Å². The highest BCUT2D eigenvalue weighted by Gasteiger charge is 2.16. The second-order valence-electron chi connectivity index (χ2n) is 4.80. The molecule has 0 bridgehead atoms. The smallest absolute Gasteiger partial charge is 0.137 e. The number of methoxy groups -OCH3 is 1. The lowest BCUT2D eigenvalue weighted by Gasteiger charge is -2.13. The minimum Gasteiger partial charge on any atom is -0.495 e. The Morgan fingerprint density at radius 1 is 1.40 bits per heavy atom. The molecule has 1 heterocycles. The number of nitrogens with zero attached hydrogens (tertiary/aromatic N) is 1. The van der Waals surface area contributed by atoms with E-state index < -0.39 is 0 Å². The summed E-state index contributed by atoms with van der Waals surface area (Å²) in [7, 11) is 1.62. The van der Waals surface area contributed by atoms with Gasteiger partial charge in [0, 0.05) is 17.3 Å². The Morgan fingerprint density at radius 2 is 2.15 bits per heavy atom. The van der Waals surface area contributed by atoms with Crippen molar-refractivity contribution < 1.29 is 4.74 Å². The highest BCUT2D eigenvalue weighted by molar-refractivity contribution is 7.11. The second kappa shape index (κ2) is 6.57. The first-order chi connectivity index (χ1) is 9.55. The SMILES string of the molecule is COc1ccc(CC(CN)c2nc(C)c(C)s2)cc1Cl. The van der Waals surface area contributed by atoms with Crippen molar-refractivity contribution in [3.8, 4) is 5.75 Å². The van der Waals surface area contributed by atoms with Crippen molar-refractivity contribution in [3.63, 3.8) is 0 Å². The lowest BCUT2D eigenvalue weighted by atomic mass is 10.00. The predicted octanol–water partition coefficient (Wildman–Crippen LogP) is 3.71. The molecule has 5 heteroatoms. The molecule has 2 rings (SSSR count). The maximum absolute atomic E-state index is 6.16. The first-order valence-electron chi connectivity index (χ1n) is 6.51. The van der Waals surface area contributed by atoms with Gasteiger partial charge in [-0.15, -0.1) is 11.3 Å². The Hall–Kier alpha value is -1.10. The van der Waals surface area contributed by atoms with Crippen molar-refractivity contribution in [1.29, 1.82) is 0 Å². The first kappa shape index (κ1) is 15.3. The predicted molar refractivity (Wildman–Crippen MR) is 85.1 cm³/mol. The van der Waals surface area contributed by atoms with Crippen LogP contribution < -0.4 is 10.5 Å². The number of hydrogen-bond acceptors (Lipinski definition) is 4. The van der Waals surface area contributed by atoms with Crippen molar-refractivity contribution in [2.45, 2.75) is 26.2 Å². The summed E-state index contributed by atoms with van der Waals surface area (Å²) in [4.78, 5) is 5.87. The summed E-state index contributed by atoms with van der Waals surface area (Å²) in [5.74, 6) is 0.928. The molecule has 0 aliphatic carbocycles. The fourth-order valence-corrected chi connectivity index (χ4v) is 3.38. The number of halogens is 1. The van der Waals surface area contributed by atoms with Gasteiger partial charge < -0.3 is 10.5 Å². The van der Waals surface area contributed by atoms with E-state index in [1.807, 2.05) is 25.1 Å². The minimum absolute atomic E-state index is 0.233. The average Bonchev–Trinajstić information content (AvgIpc) is 2.76. The molecular weight excluding hydrogens is 292 g/mol. The van der Waals surface area contributed by atoms with E-state index in [2.05, 4.69) is 11.9 Å². The van der Waals surface area contributed by atoms with E-state index in [-0.39, 0.29) is 5.92 Å². The van der Waals surface area contributed by atoms with Crippen LogP contribution in [0.2, 0.25) is 5.02 Å². The highest BCUT2D eigenvalue weighted by Crippen LogP contribution is 2.30. The van der Waals surface area contributed by atoms with Gasteiger partial charge in [-0.3, -0.25) is 0 Å². The van der Waals surface area contributed by atoms with Gasteiger partial charge in [-0.1, -0.05) is 17.7 Å². The van der Waals surface area contributed by atoms with E-state index in [0.29, 0.717) is 17.3 Å². The fraction of sp³-hybridized carbons (Fsp3) is 0.400. The highest BCUT2D eigenvalue weighted by atomic mass is 35.5. The molecule has 0 aliphatic heterocycles. The van der Waals surface area contributed by atoms with Gasteiger partial charge >= 0.3 is 0 Å². The monoisotopic (exact) mass is 310 g/mol. The fourth-order valence-electron chi connectivity index (χ4n) is 2.06. The molecule has 0 spiro atoms. The molecule has 1 aromatic carbocycles. The summed E-state index contributed by atoms with van der Waals surface area (Å²) in [5.41, 5.74) is 8.16. The standard InChI is InChI=1S/C15H19ClN2OS/c1-9-10(2)20-15(18-9)12(8-17)6-11-4-5-14(19-3)13(16)7-11/h4-5,7,12H,6,8,17H2,1-3H3. The van der Waals surface area contributed by atoms with Crippen LogP contribution in [0.4, 0.5) is 0 Å². The maximum atomic E-state index is 6.16. The molecular formula is C15H19ClN2OS. The average molecular weight is 311 g/mol. The molecule has 2 N–H and O–H groups in total. The van der Waals surface area contributed by atoms with E-state index in [1.165, 1.54) is 4.88 Å². The summed E-state index contributed by atoms with van der Waals surface area (Å²) in [6.45, 7) is 4.71. The molecule has 1 atom stereocenters. The molecule has 2 aromatic rings. The van der Waals surface area contributed by atoms with E-state index in [4.69, 9.17) is 22.1 Å². The van der Waals surface area contributed by atoms with Gasteiger partial charge in [0.15, 0.2) is 0 Å². The molecule has 0 aliphatic rings. The van der Waals surface area contributed by atoms with Gasteiger partial charge in [-0.25, -0.2) is 4.98 Å². The van der Waals surface area contributed by atoms with Crippen LogP contribution in [-0.4, -0.2) is 18.6 Å². The van der Waals surface area contributed by atoms with Gasteiger partial charge in [0.05, 0.1) is 22.8 Å². The van der Waals surface area contributed by atoms with Crippen molar-refractivity contribution in [3.05, 3.63) is 44.4 Å². The molecule has 108 valence electrons. The second-order valence-corrected chi connectivity index (χ2v) is 6.44. The van der Waals surface area contributed by atoms with Gasteiger partial charge in [-0.2, -0.15) is 0 Å². The Morgan fingerprint density at radius 3 is 2.65 bits per heavy atom. The lowest BCUT2D eigenvalue weighted by Crippen LogP contribution is -2.15. The van der Waals surface area contributed by atoms with Crippen LogP contribution in [-0.2, 0) is 6.42 Å². The summed E-state index contributed by atoms with van der Waals surface area (Å²) in [5, 5.41) is 1.74. The zero-order valence-corrected chi connectivity index (χ0v) is 13.5. The largest absolute Gasteiger partial charge is 0.495 e. The van der Waals surface area contributed by atoms with E-state index in [1.54, 1.807) is 18.4 Å². The van der Waals surface area contributed by atoms with Crippen LogP contribution in [0, 0.1) is 13.8 Å². The number of benzene rings is 1. The summed E-state index contributed by atoms with van der Waals surface area (Å²) < 4.78 is 5.17. The number of nitrogens with two attached hydrogens (primary N) is 1. The third-order valence-corrected chi connectivity index (χ3v) is 4.91. The topological polar surface area (TPSA) is 48.1 Å². The molecule has 20 heavy (non-hydrogen) atoms. The van der Waals surface area contributed by atoms with Crippen molar-refractivity contribution in [2.75, 3.05) is 13.7 Å². The Balaban J connectivity index is 2.20. The summed E-state index contributed by atoms with van der Waals surface area (Å²) in [6, 6.07) is 5.86. The van der Waals surface area contributed by atoms with Crippen LogP contribution in [0.1, 0.15) is 27.1 Å². The van der Waals surface area contributed by atoms with Crippen LogP contribution in [0.15, 0.2) is 18.2 Å². The zero-order valence-electron chi connectivity index (χ0n) is 11.9. The normalized spacial score (nSPS) is 12.4. The van der Waals surface area contributed by atoms with Gasteiger partial charge in [-0.05, 0) is 38.0 Å². The summed E-state index contributed by atoms with van der Waals surface area (Å²) in [6.07, 6.45) is 0.840.